The fraction of sp³-hybridized carbons (Fsp3) is 0.200. The van der Waals surface area contributed by atoms with Crippen LogP contribution in [0.1, 0.15) is 0 Å². The molecule has 2 aromatic carbocycles. The van der Waals surface area contributed by atoms with Crippen molar-refractivity contribution in [3.8, 4) is 11.1 Å². The van der Waals surface area contributed by atoms with Gasteiger partial charge in [-0.25, -0.2) is 8.42 Å². The highest BCUT2D eigenvalue weighted by Gasteiger charge is 2.31. The van der Waals surface area contributed by atoms with Crippen molar-refractivity contribution >= 4 is 9.84 Å². The third-order valence-electron chi connectivity index (χ3n) is 3.37. The van der Waals surface area contributed by atoms with Crippen LogP contribution in [0.15, 0.2) is 59.5 Å². The van der Waals surface area contributed by atoms with Crippen LogP contribution in [0.5, 0.6) is 0 Å². The van der Waals surface area contributed by atoms with Crippen LogP contribution in [-0.4, -0.2) is 27.0 Å². The first-order valence-electron chi connectivity index (χ1n) is 6.55. The third kappa shape index (κ3) is 2.35. The molecule has 20 heavy (non-hydrogen) atoms. The number of rotatable bonds is 3. The zero-order valence-electron chi connectivity index (χ0n) is 10.9. The second kappa shape index (κ2) is 5.36. The van der Waals surface area contributed by atoms with Gasteiger partial charge in [0.2, 0.25) is 9.84 Å². The smallest absolute Gasteiger partial charge is 0.208 e. The SMILES string of the molecule is O=S(=O)(c1ccccc1-c1ccccc1)C1NCCN1. The Kier molecular flexibility index (Phi) is 3.56. The van der Waals surface area contributed by atoms with E-state index >= 15 is 0 Å². The van der Waals surface area contributed by atoms with Crippen LogP contribution in [0.3, 0.4) is 0 Å². The van der Waals surface area contributed by atoms with Crippen LogP contribution in [0.2, 0.25) is 0 Å². The summed E-state index contributed by atoms with van der Waals surface area (Å²) < 4.78 is 25.4. The fourth-order valence-electron chi connectivity index (χ4n) is 2.40. The predicted molar refractivity (Wildman–Crippen MR) is 78.9 cm³/mol. The molecule has 0 spiro atoms. The van der Waals surface area contributed by atoms with Crippen LogP contribution in [0.4, 0.5) is 0 Å². The van der Waals surface area contributed by atoms with Gasteiger partial charge >= 0.3 is 0 Å². The van der Waals surface area contributed by atoms with Gasteiger partial charge in [0.25, 0.3) is 0 Å². The van der Waals surface area contributed by atoms with Gasteiger partial charge in [-0.15, -0.1) is 0 Å². The normalized spacial score (nSPS) is 16.4. The summed E-state index contributed by atoms with van der Waals surface area (Å²) >= 11 is 0. The molecule has 0 aliphatic carbocycles. The zero-order valence-corrected chi connectivity index (χ0v) is 11.7. The lowest BCUT2D eigenvalue weighted by Crippen LogP contribution is -2.39. The summed E-state index contributed by atoms with van der Waals surface area (Å²) in [5.41, 5.74) is 0.945. The molecule has 2 N–H and O–H groups in total. The molecule has 0 radical (unpaired) electrons. The van der Waals surface area contributed by atoms with Crippen molar-refractivity contribution < 1.29 is 8.42 Å². The lowest BCUT2D eigenvalue weighted by molar-refractivity contribution is 0.561. The molecule has 1 heterocycles. The lowest BCUT2D eigenvalue weighted by atomic mass is 10.1. The van der Waals surface area contributed by atoms with Crippen LogP contribution in [-0.2, 0) is 9.84 Å². The first-order chi connectivity index (χ1) is 9.69. The molecule has 0 bridgehead atoms. The van der Waals surface area contributed by atoms with E-state index in [0.717, 1.165) is 11.1 Å². The largest absolute Gasteiger partial charge is 0.288 e. The van der Waals surface area contributed by atoms with Crippen molar-refractivity contribution in [2.45, 2.75) is 10.4 Å². The van der Waals surface area contributed by atoms with Gasteiger partial charge in [-0.3, -0.25) is 10.6 Å². The minimum Gasteiger partial charge on any atom is -0.288 e. The Morgan fingerprint density at radius 3 is 2.15 bits per heavy atom. The topological polar surface area (TPSA) is 58.2 Å². The highest BCUT2D eigenvalue weighted by atomic mass is 32.2. The molecule has 5 heteroatoms. The quantitative estimate of drug-likeness (QED) is 0.901. The van der Waals surface area contributed by atoms with E-state index in [4.69, 9.17) is 0 Å². The second-order valence-corrected chi connectivity index (χ2v) is 6.70. The molecular weight excluding hydrogens is 272 g/mol. The molecule has 0 unspecified atom stereocenters. The fourth-order valence-corrected chi connectivity index (χ4v) is 4.09. The summed E-state index contributed by atoms with van der Waals surface area (Å²) in [7, 11) is -3.44. The van der Waals surface area contributed by atoms with Crippen molar-refractivity contribution in [3.63, 3.8) is 0 Å². The summed E-state index contributed by atoms with van der Waals surface area (Å²) in [4.78, 5) is 0.359. The van der Waals surface area contributed by atoms with Crippen molar-refractivity contribution in [1.29, 1.82) is 0 Å². The predicted octanol–water partition coefficient (Wildman–Crippen LogP) is 1.60. The highest BCUT2D eigenvalue weighted by molar-refractivity contribution is 7.92. The summed E-state index contributed by atoms with van der Waals surface area (Å²) in [6.45, 7) is 1.33. The standard InChI is InChI=1S/C15H16N2O2S/c18-20(19,15-16-10-11-17-15)14-9-5-4-8-13(14)12-6-2-1-3-7-12/h1-9,15-17H,10-11H2. The Labute approximate surface area is 118 Å². The average molecular weight is 288 g/mol. The van der Waals surface area contributed by atoms with Gasteiger partial charge in [0.15, 0.2) is 5.50 Å². The number of nitrogens with one attached hydrogen (secondary N) is 2. The molecule has 1 fully saturated rings. The molecule has 2 aromatic rings. The van der Waals surface area contributed by atoms with Gasteiger partial charge in [-0.05, 0) is 11.6 Å². The molecular formula is C15H16N2O2S. The van der Waals surface area contributed by atoms with E-state index in [0.29, 0.717) is 18.0 Å². The van der Waals surface area contributed by atoms with Crippen LogP contribution >= 0.6 is 0 Å². The Hall–Kier alpha value is -1.69. The molecule has 4 nitrogen and oxygen atoms in total. The summed E-state index contributed by atoms with van der Waals surface area (Å²) in [5, 5.41) is 5.95. The number of benzene rings is 2. The maximum Gasteiger partial charge on any atom is 0.208 e. The van der Waals surface area contributed by atoms with Crippen LogP contribution < -0.4 is 10.6 Å². The van der Waals surface area contributed by atoms with E-state index in [1.807, 2.05) is 42.5 Å². The van der Waals surface area contributed by atoms with Crippen LogP contribution in [0.25, 0.3) is 11.1 Å². The number of hydrogen-bond acceptors (Lipinski definition) is 4. The average Bonchev–Trinajstić information content (AvgIpc) is 3.03. The summed E-state index contributed by atoms with van der Waals surface area (Å²) in [6, 6.07) is 16.7. The Bertz CT molecular complexity index is 693. The number of sulfone groups is 1. The van der Waals surface area contributed by atoms with Crippen molar-refractivity contribution in [2.75, 3.05) is 13.1 Å². The van der Waals surface area contributed by atoms with Crippen molar-refractivity contribution in [2.24, 2.45) is 0 Å². The molecule has 0 aromatic heterocycles. The summed E-state index contributed by atoms with van der Waals surface area (Å²) in [5.74, 6) is 0. The molecule has 1 aliphatic heterocycles. The first-order valence-corrected chi connectivity index (χ1v) is 8.09. The van der Waals surface area contributed by atoms with E-state index < -0.39 is 15.3 Å². The molecule has 1 aliphatic rings. The van der Waals surface area contributed by atoms with E-state index in [2.05, 4.69) is 10.6 Å². The van der Waals surface area contributed by atoms with Gasteiger partial charge in [0, 0.05) is 18.7 Å². The van der Waals surface area contributed by atoms with E-state index in [1.165, 1.54) is 0 Å². The van der Waals surface area contributed by atoms with E-state index in [-0.39, 0.29) is 0 Å². The van der Waals surface area contributed by atoms with Gasteiger partial charge in [-0.2, -0.15) is 0 Å². The monoisotopic (exact) mass is 288 g/mol. The van der Waals surface area contributed by atoms with Gasteiger partial charge in [0.1, 0.15) is 0 Å². The molecule has 1 saturated heterocycles. The van der Waals surface area contributed by atoms with Crippen LogP contribution in [0, 0.1) is 0 Å². The molecule has 0 amide bonds. The molecule has 104 valence electrons. The van der Waals surface area contributed by atoms with Crippen molar-refractivity contribution in [3.05, 3.63) is 54.6 Å². The lowest BCUT2D eigenvalue weighted by Gasteiger charge is -2.15. The Balaban J connectivity index is 2.11. The molecule has 3 rings (SSSR count). The Morgan fingerprint density at radius 1 is 0.850 bits per heavy atom. The minimum absolute atomic E-state index is 0.359. The molecule has 0 atom stereocenters. The Morgan fingerprint density at radius 2 is 1.45 bits per heavy atom. The maximum atomic E-state index is 12.7. The first kappa shape index (κ1) is 13.3. The third-order valence-corrected chi connectivity index (χ3v) is 5.30. The molecule has 0 saturated carbocycles. The number of hydrogen-bond donors (Lipinski definition) is 2. The van der Waals surface area contributed by atoms with E-state index in [1.54, 1.807) is 12.1 Å². The summed E-state index contributed by atoms with van der Waals surface area (Å²) in [6.07, 6.45) is 0. The van der Waals surface area contributed by atoms with Gasteiger partial charge in [0.05, 0.1) is 4.90 Å². The second-order valence-electron chi connectivity index (χ2n) is 4.70. The zero-order chi connectivity index (χ0) is 14.0. The van der Waals surface area contributed by atoms with Crippen molar-refractivity contribution in [1.82, 2.24) is 10.6 Å². The maximum absolute atomic E-state index is 12.7. The highest BCUT2D eigenvalue weighted by Crippen LogP contribution is 2.28. The van der Waals surface area contributed by atoms with Gasteiger partial charge in [-0.1, -0.05) is 48.5 Å². The van der Waals surface area contributed by atoms with Gasteiger partial charge < -0.3 is 0 Å². The van der Waals surface area contributed by atoms with E-state index in [9.17, 15) is 8.42 Å². The minimum atomic E-state index is -3.44.